The van der Waals surface area contributed by atoms with Gasteiger partial charge in [-0.05, 0) is 52.7 Å². The van der Waals surface area contributed by atoms with Crippen LogP contribution in [0.5, 0.6) is 0 Å². The van der Waals surface area contributed by atoms with Crippen molar-refractivity contribution < 1.29 is 28.3 Å². The topological polar surface area (TPSA) is 137 Å². The summed E-state index contributed by atoms with van der Waals surface area (Å²) >= 11 is 3.24. The second-order valence-electron chi connectivity index (χ2n) is 9.97. The Morgan fingerprint density at radius 1 is 1.10 bits per heavy atom. The average molecular weight is 637 g/mol. The Hall–Kier alpha value is -4.39. The molecule has 11 nitrogen and oxygen atoms in total. The summed E-state index contributed by atoms with van der Waals surface area (Å²) in [5.41, 5.74) is 2.51. The zero-order chi connectivity index (χ0) is 30.1. The smallest absolute Gasteiger partial charge is 0.339 e. The molecule has 1 aromatic carbocycles. The molecule has 1 fully saturated rings. The highest BCUT2D eigenvalue weighted by atomic mass is 79.9. The molecule has 1 aliphatic rings. The summed E-state index contributed by atoms with van der Waals surface area (Å²) < 4.78 is 21.2. The number of ketones is 2. The van der Waals surface area contributed by atoms with Crippen LogP contribution in [-0.2, 0) is 27.3 Å². The third-order valence-corrected chi connectivity index (χ3v) is 7.55. The van der Waals surface area contributed by atoms with Gasteiger partial charge in [-0.2, -0.15) is 5.10 Å². The molecule has 42 heavy (non-hydrogen) atoms. The molecule has 2 atom stereocenters. The lowest BCUT2D eigenvalue weighted by Gasteiger charge is -2.23. The Bertz CT molecular complexity index is 1720. The maximum atomic E-state index is 14.6. The number of Topliss-reactive ketones (excluding diaryl/α,β-unsaturated/α-hetero) is 2. The molecular formula is C29H26BrFN6O5. The molecule has 4 aromatic rings. The number of carbonyl (C=O) groups excluding carboxylic acids is 4. The molecule has 0 spiro atoms. The quantitative estimate of drug-likeness (QED) is 0.161. The predicted molar refractivity (Wildman–Crippen MR) is 153 cm³/mol. The Kier molecular flexibility index (Phi) is 8.21. The molecule has 1 aliphatic heterocycles. The van der Waals surface area contributed by atoms with Gasteiger partial charge in [-0.3, -0.25) is 19.1 Å². The van der Waals surface area contributed by atoms with E-state index in [-0.39, 0.29) is 48.7 Å². The molecule has 0 N–H and O–H groups in total. The van der Waals surface area contributed by atoms with Gasteiger partial charge in [0.2, 0.25) is 5.91 Å². The maximum absolute atomic E-state index is 14.6. The summed E-state index contributed by atoms with van der Waals surface area (Å²) in [4.78, 5) is 65.4. The van der Waals surface area contributed by atoms with Gasteiger partial charge in [0.15, 0.2) is 11.6 Å². The summed E-state index contributed by atoms with van der Waals surface area (Å²) in [6.45, 7) is 2.59. The number of methoxy groups -OCH3 is 1. The Morgan fingerprint density at radius 3 is 2.52 bits per heavy atom. The van der Waals surface area contributed by atoms with Crippen molar-refractivity contribution in [3.05, 3.63) is 70.1 Å². The third kappa shape index (κ3) is 5.82. The van der Waals surface area contributed by atoms with Crippen LogP contribution in [0.2, 0.25) is 0 Å². The van der Waals surface area contributed by atoms with Gasteiger partial charge in [0.05, 0.1) is 42.9 Å². The van der Waals surface area contributed by atoms with E-state index < -0.39 is 29.9 Å². The highest BCUT2D eigenvalue weighted by molar-refractivity contribution is 9.10. The lowest BCUT2D eigenvalue weighted by atomic mass is 10.0. The number of amides is 1. The number of hydrogen-bond acceptors (Lipinski definition) is 9. The zero-order valence-electron chi connectivity index (χ0n) is 23.0. The Labute approximate surface area is 248 Å². The molecule has 0 bridgehead atoms. The van der Waals surface area contributed by atoms with Crippen LogP contribution in [0.4, 0.5) is 4.39 Å². The number of ether oxygens (including phenoxy) is 1. The van der Waals surface area contributed by atoms with Gasteiger partial charge in [0, 0.05) is 36.7 Å². The number of nitrogens with zero attached hydrogens (tertiary/aromatic N) is 6. The summed E-state index contributed by atoms with van der Waals surface area (Å²) in [5, 5.41) is 4.94. The first-order valence-electron chi connectivity index (χ1n) is 13.1. The minimum atomic E-state index is -1.40. The SMILES string of the molecule is COC(=O)c1ccc(Br)nc1CC(=O)[C@@H]1C[C@@H](F)CN1C(=O)Cn1nc(C(C)=O)c2cc(-c3cnc(C)nc3)ccc21. The summed E-state index contributed by atoms with van der Waals surface area (Å²) in [7, 11) is 1.22. The van der Waals surface area contributed by atoms with E-state index in [1.165, 1.54) is 29.7 Å². The molecule has 0 saturated carbocycles. The first-order valence-corrected chi connectivity index (χ1v) is 13.9. The van der Waals surface area contributed by atoms with E-state index in [4.69, 9.17) is 4.74 Å². The minimum absolute atomic E-state index is 0.109. The van der Waals surface area contributed by atoms with Crippen LogP contribution in [0.15, 0.2) is 47.3 Å². The summed E-state index contributed by atoms with van der Waals surface area (Å²) in [6, 6.07) is 7.32. The van der Waals surface area contributed by atoms with Crippen LogP contribution in [0.1, 0.15) is 45.7 Å². The van der Waals surface area contributed by atoms with Crippen LogP contribution in [0.3, 0.4) is 0 Å². The van der Waals surface area contributed by atoms with Crippen LogP contribution in [0.25, 0.3) is 22.0 Å². The largest absolute Gasteiger partial charge is 0.465 e. The van der Waals surface area contributed by atoms with Crippen molar-refractivity contribution >= 4 is 50.3 Å². The number of alkyl halides is 1. The standard InChI is InChI=1S/C29H26BrFN6O5/c1-15(38)28-21-8-17(18-11-32-16(2)33-12-18)4-6-23(21)37(35-28)14-27(40)36-13-19(31)9-24(36)25(39)10-22-20(29(41)42-3)5-7-26(30)34-22/h4-8,11-12,19,24H,9-10,13-14H2,1-3H3/t19-,24+/m1/s1. The Balaban J connectivity index is 1.41. The maximum Gasteiger partial charge on any atom is 0.339 e. The fraction of sp³-hybridized carbons (Fsp3) is 0.310. The van der Waals surface area contributed by atoms with Gasteiger partial charge in [-0.1, -0.05) is 6.07 Å². The van der Waals surface area contributed by atoms with Crippen LogP contribution >= 0.6 is 15.9 Å². The van der Waals surface area contributed by atoms with Gasteiger partial charge in [0.25, 0.3) is 0 Å². The van der Waals surface area contributed by atoms with Crippen molar-refractivity contribution in [2.75, 3.05) is 13.7 Å². The van der Waals surface area contributed by atoms with Crippen molar-refractivity contribution in [1.29, 1.82) is 0 Å². The molecule has 13 heteroatoms. The molecule has 0 unspecified atom stereocenters. The number of rotatable bonds is 8. The van der Waals surface area contributed by atoms with Gasteiger partial charge in [-0.25, -0.2) is 24.1 Å². The number of carbonyl (C=O) groups is 4. The van der Waals surface area contributed by atoms with Crippen LogP contribution in [0, 0.1) is 6.92 Å². The fourth-order valence-corrected chi connectivity index (χ4v) is 5.40. The van der Waals surface area contributed by atoms with Gasteiger partial charge < -0.3 is 9.64 Å². The van der Waals surface area contributed by atoms with Crippen molar-refractivity contribution in [3.63, 3.8) is 0 Å². The van der Waals surface area contributed by atoms with Crippen LogP contribution in [-0.4, -0.2) is 78.9 Å². The number of aryl methyl sites for hydroxylation is 1. The number of aromatic nitrogens is 5. The van der Waals surface area contributed by atoms with E-state index in [0.29, 0.717) is 21.3 Å². The molecule has 0 aliphatic carbocycles. The number of esters is 1. The monoisotopic (exact) mass is 636 g/mol. The van der Waals surface area contributed by atoms with E-state index in [0.717, 1.165) is 11.1 Å². The molecular weight excluding hydrogens is 611 g/mol. The van der Waals surface area contributed by atoms with Crippen molar-refractivity contribution in [1.82, 2.24) is 29.6 Å². The summed E-state index contributed by atoms with van der Waals surface area (Å²) in [5.74, 6) is -1.31. The zero-order valence-corrected chi connectivity index (χ0v) is 24.6. The highest BCUT2D eigenvalue weighted by Gasteiger charge is 2.40. The lowest BCUT2D eigenvalue weighted by molar-refractivity contribution is -0.138. The van der Waals surface area contributed by atoms with E-state index in [1.807, 2.05) is 6.07 Å². The van der Waals surface area contributed by atoms with Crippen molar-refractivity contribution in [2.24, 2.45) is 0 Å². The normalized spacial score (nSPS) is 16.5. The summed E-state index contributed by atoms with van der Waals surface area (Å²) in [6.07, 6.45) is 1.49. The molecule has 216 valence electrons. The molecule has 0 radical (unpaired) electrons. The molecule has 5 rings (SSSR count). The van der Waals surface area contributed by atoms with E-state index in [9.17, 15) is 23.6 Å². The van der Waals surface area contributed by atoms with Gasteiger partial charge in [-0.15, -0.1) is 0 Å². The van der Waals surface area contributed by atoms with E-state index >= 15 is 0 Å². The molecule has 1 amide bonds. The highest BCUT2D eigenvalue weighted by Crippen LogP contribution is 2.28. The number of pyridine rings is 1. The number of fused-ring (bicyclic) bond motifs is 1. The molecule has 1 saturated heterocycles. The second-order valence-corrected chi connectivity index (χ2v) is 10.8. The minimum Gasteiger partial charge on any atom is -0.465 e. The first kappa shape index (κ1) is 29.1. The van der Waals surface area contributed by atoms with Crippen molar-refractivity contribution in [3.8, 4) is 11.1 Å². The van der Waals surface area contributed by atoms with Gasteiger partial charge >= 0.3 is 5.97 Å². The third-order valence-electron chi connectivity index (χ3n) is 7.11. The Morgan fingerprint density at radius 2 is 1.83 bits per heavy atom. The van der Waals surface area contributed by atoms with Gasteiger partial charge in [0.1, 0.15) is 28.8 Å². The lowest BCUT2D eigenvalue weighted by Crippen LogP contribution is -2.43. The predicted octanol–water partition coefficient (Wildman–Crippen LogP) is 3.70. The van der Waals surface area contributed by atoms with Crippen LogP contribution < -0.4 is 0 Å². The number of halogens is 2. The average Bonchev–Trinajstić information content (AvgIpc) is 3.53. The molecule has 4 heterocycles. The van der Waals surface area contributed by atoms with E-state index in [1.54, 1.807) is 37.5 Å². The fourth-order valence-electron chi connectivity index (χ4n) is 5.05. The first-order chi connectivity index (χ1) is 20.0. The number of likely N-dealkylation sites (tertiary alicyclic amines) is 1. The van der Waals surface area contributed by atoms with Crippen molar-refractivity contribution in [2.45, 2.75) is 45.4 Å². The number of benzene rings is 1. The van der Waals surface area contributed by atoms with E-state index in [2.05, 4.69) is 36.0 Å². The molecule has 3 aromatic heterocycles. The number of hydrogen-bond donors (Lipinski definition) is 0. The second kappa shape index (κ2) is 11.8.